The molecule has 5 unspecified atom stereocenters. The van der Waals surface area contributed by atoms with Gasteiger partial charge in [0, 0.05) is 6.07 Å². The van der Waals surface area contributed by atoms with E-state index in [0.29, 0.717) is 5.75 Å². The highest BCUT2D eigenvalue weighted by atomic mass is 16.6. The fraction of sp³-hybridized carbons (Fsp3) is 0.500. The van der Waals surface area contributed by atoms with Gasteiger partial charge in [-0.2, -0.15) is 0 Å². The topological polar surface area (TPSA) is 129 Å². The van der Waals surface area contributed by atoms with Gasteiger partial charge in [-0.15, -0.1) is 0 Å². The zero-order valence-electron chi connectivity index (χ0n) is 12.2. The number of amides is 1. The van der Waals surface area contributed by atoms with Crippen molar-refractivity contribution in [2.75, 3.05) is 18.6 Å². The minimum Gasteiger partial charge on any atom is -0.506 e. The Morgan fingerprint density at radius 3 is 2.65 bits per heavy atom. The first kappa shape index (κ1) is 15.8. The maximum atomic E-state index is 12.1. The van der Waals surface area contributed by atoms with Gasteiger partial charge >= 0.3 is 6.09 Å². The van der Waals surface area contributed by atoms with Crippen LogP contribution >= 0.6 is 0 Å². The molecule has 1 aromatic rings. The van der Waals surface area contributed by atoms with E-state index in [9.17, 15) is 25.2 Å². The Morgan fingerprint density at radius 1 is 1.30 bits per heavy atom. The van der Waals surface area contributed by atoms with Gasteiger partial charge in [0.05, 0.1) is 19.4 Å². The van der Waals surface area contributed by atoms with Gasteiger partial charge in [0.15, 0.2) is 12.3 Å². The molecular weight excluding hydrogens is 310 g/mol. The maximum absolute atomic E-state index is 12.1. The maximum Gasteiger partial charge on any atom is 0.417 e. The summed E-state index contributed by atoms with van der Waals surface area (Å²) in [7, 11) is 1.43. The Balaban J connectivity index is 1.95. The minimum absolute atomic E-state index is 0.101. The molecule has 1 amide bonds. The van der Waals surface area contributed by atoms with Gasteiger partial charge in [0.2, 0.25) is 0 Å². The van der Waals surface area contributed by atoms with Gasteiger partial charge in [-0.3, -0.25) is 0 Å². The molecule has 0 radical (unpaired) electrons. The molecule has 9 nitrogen and oxygen atoms in total. The van der Waals surface area contributed by atoms with E-state index in [1.165, 1.54) is 25.3 Å². The Morgan fingerprint density at radius 2 is 2.04 bits per heavy atom. The summed E-state index contributed by atoms with van der Waals surface area (Å²) in [6.07, 6.45) is -6.95. The number of hydrogen-bond acceptors (Lipinski definition) is 8. The van der Waals surface area contributed by atoms with Crippen molar-refractivity contribution in [2.45, 2.75) is 30.6 Å². The first-order valence-electron chi connectivity index (χ1n) is 6.97. The van der Waals surface area contributed by atoms with Crippen LogP contribution in [0, 0.1) is 0 Å². The van der Waals surface area contributed by atoms with Crippen LogP contribution in [0.3, 0.4) is 0 Å². The fourth-order valence-electron chi connectivity index (χ4n) is 2.75. The average molecular weight is 327 g/mol. The number of rotatable bonds is 3. The first-order valence-corrected chi connectivity index (χ1v) is 6.97. The zero-order chi connectivity index (χ0) is 16.7. The van der Waals surface area contributed by atoms with Crippen molar-refractivity contribution in [2.24, 2.45) is 0 Å². The van der Waals surface area contributed by atoms with Gasteiger partial charge < -0.3 is 34.6 Å². The summed E-state index contributed by atoms with van der Waals surface area (Å²) in [6.45, 7) is -0.544. The number of phenolic OH excluding ortho intramolecular Hbond substituents is 1. The zero-order valence-corrected chi connectivity index (χ0v) is 12.2. The molecule has 4 N–H and O–H groups in total. The SMILES string of the molecule is COc1ccc(N2C(=O)OC3C(O)C(O)C(CO)OC32)c(O)c1. The first-order chi connectivity index (χ1) is 11.0. The number of benzene rings is 1. The number of carbonyl (C=O) groups is 1. The van der Waals surface area contributed by atoms with Crippen LogP contribution in [-0.2, 0) is 9.47 Å². The number of carbonyl (C=O) groups excluding carboxylic acids is 1. The molecule has 1 aromatic carbocycles. The van der Waals surface area contributed by atoms with Crippen molar-refractivity contribution in [3.8, 4) is 11.5 Å². The van der Waals surface area contributed by atoms with Gasteiger partial charge in [-0.1, -0.05) is 0 Å². The summed E-state index contributed by atoms with van der Waals surface area (Å²) < 4.78 is 15.5. The van der Waals surface area contributed by atoms with Crippen molar-refractivity contribution in [3.63, 3.8) is 0 Å². The lowest BCUT2D eigenvalue weighted by atomic mass is 9.98. The van der Waals surface area contributed by atoms with Gasteiger partial charge in [0.1, 0.15) is 29.8 Å². The predicted octanol–water partition coefficient (Wildman–Crippen LogP) is -0.835. The van der Waals surface area contributed by atoms with E-state index in [-0.39, 0.29) is 11.4 Å². The number of nitrogens with zero attached hydrogens (tertiary/aromatic N) is 1. The van der Waals surface area contributed by atoms with E-state index in [1.54, 1.807) is 0 Å². The van der Waals surface area contributed by atoms with Crippen molar-refractivity contribution < 1.29 is 39.4 Å². The van der Waals surface area contributed by atoms with Gasteiger partial charge in [-0.25, -0.2) is 9.69 Å². The number of aliphatic hydroxyl groups is 3. The highest BCUT2D eigenvalue weighted by Crippen LogP contribution is 2.39. The highest BCUT2D eigenvalue weighted by Gasteiger charge is 2.55. The van der Waals surface area contributed by atoms with Crippen LogP contribution in [0.5, 0.6) is 11.5 Å². The summed E-state index contributed by atoms with van der Waals surface area (Å²) in [5, 5.41) is 39.2. The van der Waals surface area contributed by atoms with E-state index < -0.39 is 43.3 Å². The molecule has 2 heterocycles. The Kier molecular flexibility index (Phi) is 4.02. The van der Waals surface area contributed by atoms with E-state index in [2.05, 4.69) is 0 Å². The number of methoxy groups -OCH3 is 1. The molecular formula is C14H17NO8. The van der Waals surface area contributed by atoms with Crippen molar-refractivity contribution in [1.82, 2.24) is 0 Å². The van der Waals surface area contributed by atoms with Crippen LogP contribution in [0.1, 0.15) is 0 Å². The molecule has 9 heteroatoms. The molecule has 2 fully saturated rings. The van der Waals surface area contributed by atoms with E-state index in [1.807, 2.05) is 0 Å². The highest BCUT2D eigenvalue weighted by molar-refractivity contribution is 5.92. The fourth-order valence-corrected chi connectivity index (χ4v) is 2.75. The second-order valence-electron chi connectivity index (χ2n) is 5.30. The molecule has 23 heavy (non-hydrogen) atoms. The minimum atomic E-state index is -1.42. The quantitative estimate of drug-likeness (QED) is 0.566. The van der Waals surface area contributed by atoms with Crippen LogP contribution in [0.2, 0.25) is 0 Å². The Hall–Kier alpha value is -2.07. The molecule has 3 rings (SSSR count). The second kappa shape index (κ2) is 5.85. The molecule has 5 atom stereocenters. The van der Waals surface area contributed by atoms with E-state index in [4.69, 9.17) is 14.2 Å². The average Bonchev–Trinajstić information content (AvgIpc) is 2.87. The third kappa shape index (κ3) is 2.47. The second-order valence-corrected chi connectivity index (χ2v) is 5.30. The number of hydrogen-bond donors (Lipinski definition) is 4. The summed E-state index contributed by atoms with van der Waals surface area (Å²) >= 11 is 0. The van der Waals surface area contributed by atoms with Crippen LogP contribution in [0.15, 0.2) is 18.2 Å². The molecule has 0 aliphatic carbocycles. The molecule has 0 saturated carbocycles. The lowest BCUT2D eigenvalue weighted by Gasteiger charge is -2.39. The standard InChI is InChI=1S/C14H17NO8/c1-21-6-2-3-7(8(17)4-6)15-13-12(23-14(15)20)11(19)10(18)9(5-16)22-13/h2-4,9-13,16-19H,5H2,1H3. The molecule has 0 bridgehead atoms. The number of anilines is 1. The summed E-state index contributed by atoms with van der Waals surface area (Å²) in [4.78, 5) is 13.1. The largest absolute Gasteiger partial charge is 0.506 e. The lowest BCUT2D eigenvalue weighted by Crippen LogP contribution is -2.60. The number of aromatic hydroxyl groups is 1. The predicted molar refractivity (Wildman–Crippen MR) is 75.2 cm³/mol. The van der Waals surface area contributed by atoms with Crippen molar-refractivity contribution >= 4 is 11.8 Å². The number of ether oxygens (including phenoxy) is 3. The number of phenols is 1. The third-order valence-electron chi connectivity index (χ3n) is 3.97. The van der Waals surface area contributed by atoms with Crippen molar-refractivity contribution in [3.05, 3.63) is 18.2 Å². The summed E-state index contributed by atoms with van der Waals surface area (Å²) in [5.41, 5.74) is 0.101. The molecule has 2 aliphatic heterocycles. The van der Waals surface area contributed by atoms with Crippen LogP contribution in [0.4, 0.5) is 10.5 Å². The van der Waals surface area contributed by atoms with E-state index >= 15 is 0 Å². The number of fused-ring (bicyclic) bond motifs is 1. The van der Waals surface area contributed by atoms with Crippen LogP contribution in [-0.4, -0.2) is 70.9 Å². The van der Waals surface area contributed by atoms with Crippen molar-refractivity contribution in [1.29, 1.82) is 0 Å². The normalized spacial score (nSPS) is 33.3. The lowest BCUT2D eigenvalue weighted by molar-refractivity contribution is -0.211. The summed E-state index contributed by atoms with van der Waals surface area (Å²) in [6, 6.07) is 4.29. The van der Waals surface area contributed by atoms with Gasteiger partial charge in [-0.05, 0) is 12.1 Å². The molecule has 0 spiro atoms. The molecule has 2 saturated heterocycles. The van der Waals surface area contributed by atoms with E-state index in [0.717, 1.165) is 4.90 Å². The Bertz CT molecular complexity index is 608. The smallest absolute Gasteiger partial charge is 0.417 e. The van der Waals surface area contributed by atoms with Gasteiger partial charge in [0.25, 0.3) is 0 Å². The summed E-state index contributed by atoms with van der Waals surface area (Å²) in [5.74, 6) is 0.148. The molecule has 126 valence electrons. The molecule has 0 aromatic heterocycles. The monoisotopic (exact) mass is 327 g/mol. The van der Waals surface area contributed by atoms with Crippen LogP contribution in [0.25, 0.3) is 0 Å². The molecule has 2 aliphatic rings. The Labute approximate surface area is 131 Å². The number of aliphatic hydroxyl groups excluding tert-OH is 3. The third-order valence-corrected chi connectivity index (χ3v) is 3.97. The van der Waals surface area contributed by atoms with Crippen LogP contribution < -0.4 is 9.64 Å².